The van der Waals surface area contributed by atoms with Gasteiger partial charge < -0.3 is 15.2 Å². The largest absolute Gasteiger partial charge is 0.463 e. The molecule has 0 radical (unpaired) electrons. The number of para-hydroxylation sites is 2. The van der Waals surface area contributed by atoms with Gasteiger partial charge >= 0.3 is 12.1 Å². The average Bonchev–Trinajstić information content (AvgIpc) is 2.88. The number of carbonyl (C=O) groups excluding carboxylic acids is 1. The first-order valence-electron chi connectivity index (χ1n) is 11.6. The van der Waals surface area contributed by atoms with Crippen molar-refractivity contribution in [1.82, 2.24) is 9.97 Å². The fraction of sp³-hybridized carbons (Fsp3) is 0.192. The van der Waals surface area contributed by atoms with E-state index in [1.54, 1.807) is 36.4 Å². The van der Waals surface area contributed by atoms with E-state index in [1.165, 1.54) is 31.2 Å². The van der Waals surface area contributed by atoms with Crippen molar-refractivity contribution in [3.8, 4) is 0 Å². The number of sulfonamides is 1. The van der Waals surface area contributed by atoms with Gasteiger partial charge in [0.2, 0.25) is 0 Å². The zero-order valence-corrected chi connectivity index (χ0v) is 21.5. The highest BCUT2D eigenvalue weighted by atomic mass is 32.2. The molecule has 4 aromatic rings. The Morgan fingerprint density at radius 2 is 1.49 bits per heavy atom. The molecule has 0 unspecified atom stereocenters. The van der Waals surface area contributed by atoms with Gasteiger partial charge in [-0.3, -0.25) is 4.72 Å². The van der Waals surface area contributed by atoms with Crippen molar-refractivity contribution in [1.29, 1.82) is 0 Å². The highest BCUT2D eigenvalue weighted by Crippen LogP contribution is 2.40. The maximum Gasteiger partial charge on any atom is 0.432 e. The number of nitrogens with one attached hydrogen (secondary N) is 2. The van der Waals surface area contributed by atoms with Gasteiger partial charge in [-0.2, -0.15) is 13.2 Å². The van der Waals surface area contributed by atoms with Crippen molar-refractivity contribution in [3.05, 3.63) is 83.9 Å². The molecule has 0 aliphatic carbocycles. The first-order valence-corrected chi connectivity index (χ1v) is 13.0. The third kappa shape index (κ3) is 5.64. The number of anilines is 3. The minimum absolute atomic E-state index is 0.0104. The molecule has 1 atom stereocenters. The highest BCUT2D eigenvalue weighted by Gasteiger charge is 2.62. The van der Waals surface area contributed by atoms with Crippen LogP contribution in [0.15, 0.2) is 77.7 Å². The lowest BCUT2D eigenvalue weighted by molar-refractivity contribution is -0.267. The summed E-state index contributed by atoms with van der Waals surface area (Å²) < 4.78 is 74.0. The van der Waals surface area contributed by atoms with E-state index in [0.29, 0.717) is 11.0 Å². The summed E-state index contributed by atoms with van der Waals surface area (Å²) >= 11 is 0. The van der Waals surface area contributed by atoms with E-state index in [-0.39, 0.29) is 28.8 Å². The third-order valence-electron chi connectivity index (χ3n) is 5.68. The van der Waals surface area contributed by atoms with Crippen molar-refractivity contribution < 1.29 is 36.2 Å². The monoisotopic (exact) mass is 560 g/mol. The molecular formula is C26H23F3N4O5S. The summed E-state index contributed by atoms with van der Waals surface area (Å²) in [6.07, 6.45) is -5.35. The predicted molar refractivity (Wildman–Crippen MR) is 138 cm³/mol. The Bertz CT molecular complexity index is 1610. The Hall–Kier alpha value is -4.23. The molecule has 1 aromatic heterocycles. The lowest BCUT2D eigenvalue weighted by atomic mass is 9.93. The summed E-state index contributed by atoms with van der Waals surface area (Å²) in [5.74, 6) is -2.04. The molecule has 9 nitrogen and oxygen atoms in total. The highest BCUT2D eigenvalue weighted by molar-refractivity contribution is 7.92. The number of hydrogen-bond donors (Lipinski definition) is 3. The minimum atomic E-state index is -5.35. The van der Waals surface area contributed by atoms with Crippen molar-refractivity contribution >= 4 is 44.3 Å². The first kappa shape index (κ1) is 27.8. The van der Waals surface area contributed by atoms with Gasteiger partial charge in [0.15, 0.2) is 11.6 Å². The van der Waals surface area contributed by atoms with Crippen LogP contribution >= 0.6 is 0 Å². The van der Waals surface area contributed by atoms with Crippen molar-refractivity contribution in [2.75, 3.05) is 16.6 Å². The van der Waals surface area contributed by atoms with Crippen LogP contribution in [0.3, 0.4) is 0 Å². The van der Waals surface area contributed by atoms with Gasteiger partial charge in [-0.25, -0.2) is 23.2 Å². The number of ether oxygens (including phenoxy) is 1. The molecule has 4 rings (SSSR count). The van der Waals surface area contributed by atoms with Gasteiger partial charge in [-0.05, 0) is 50.2 Å². The molecule has 0 aliphatic heterocycles. The van der Waals surface area contributed by atoms with Crippen molar-refractivity contribution in [2.45, 2.75) is 30.5 Å². The summed E-state index contributed by atoms with van der Waals surface area (Å²) in [5, 5.41) is 13.1. The summed E-state index contributed by atoms with van der Waals surface area (Å²) in [6.45, 7) is 2.77. The van der Waals surface area contributed by atoms with E-state index in [0.717, 1.165) is 17.7 Å². The van der Waals surface area contributed by atoms with Gasteiger partial charge in [-0.15, -0.1) is 0 Å². The zero-order chi connectivity index (χ0) is 28.4. The second-order valence-corrected chi connectivity index (χ2v) is 10.1. The Balaban J connectivity index is 1.71. The van der Waals surface area contributed by atoms with E-state index < -0.39 is 33.3 Å². The van der Waals surface area contributed by atoms with Gasteiger partial charge in [0, 0.05) is 11.3 Å². The average molecular weight is 561 g/mol. The number of alkyl halides is 3. The minimum Gasteiger partial charge on any atom is -0.463 e. The van der Waals surface area contributed by atoms with Gasteiger partial charge in [0.05, 0.1) is 22.5 Å². The maximum absolute atomic E-state index is 13.7. The molecule has 0 saturated carbocycles. The molecule has 204 valence electrons. The lowest BCUT2D eigenvalue weighted by Gasteiger charge is -2.28. The Morgan fingerprint density at radius 3 is 2.03 bits per heavy atom. The normalized spacial score (nSPS) is 13.5. The van der Waals surface area contributed by atoms with E-state index in [1.807, 2.05) is 6.92 Å². The lowest BCUT2D eigenvalue weighted by Crippen LogP contribution is -2.50. The summed E-state index contributed by atoms with van der Waals surface area (Å²) in [4.78, 5) is 20.8. The van der Waals surface area contributed by atoms with Crippen LogP contribution in [-0.2, 0) is 25.2 Å². The van der Waals surface area contributed by atoms with Gasteiger partial charge in [0.25, 0.3) is 15.6 Å². The molecule has 39 heavy (non-hydrogen) atoms. The number of aliphatic hydroxyl groups is 1. The van der Waals surface area contributed by atoms with Crippen LogP contribution in [0.25, 0.3) is 11.0 Å². The predicted octanol–water partition coefficient (Wildman–Crippen LogP) is 4.80. The summed E-state index contributed by atoms with van der Waals surface area (Å²) in [6, 6.07) is 17.0. The number of halogens is 3. The van der Waals surface area contributed by atoms with Crippen LogP contribution in [0.1, 0.15) is 18.1 Å². The second kappa shape index (κ2) is 10.5. The topological polar surface area (TPSA) is 131 Å². The molecule has 0 fully saturated rings. The van der Waals surface area contributed by atoms with E-state index in [4.69, 9.17) is 0 Å². The number of aromatic nitrogens is 2. The van der Waals surface area contributed by atoms with Crippen LogP contribution in [0.4, 0.5) is 30.5 Å². The van der Waals surface area contributed by atoms with Gasteiger partial charge in [0.1, 0.15) is 0 Å². The molecule has 0 aliphatic rings. The summed E-state index contributed by atoms with van der Waals surface area (Å²) in [5.41, 5.74) is -2.78. The van der Waals surface area contributed by atoms with Crippen LogP contribution in [0, 0.1) is 6.92 Å². The SMILES string of the molecule is CCOC(=O)[C@@](O)(c1ccc(Nc2nc3ccccc3nc2NS(=O)(=O)c2ccc(C)cc2)cc1)C(F)(F)F. The van der Waals surface area contributed by atoms with Crippen molar-refractivity contribution in [2.24, 2.45) is 0 Å². The van der Waals surface area contributed by atoms with E-state index in [2.05, 4.69) is 24.7 Å². The Labute approximate surface area is 221 Å². The number of carbonyl (C=O) groups is 1. The third-order valence-corrected chi connectivity index (χ3v) is 7.03. The van der Waals surface area contributed by atoms with Crippen LogP contribution in [0.5, 0.6) is 0 Å². The second-order valence-electron chi connectivity index (χ2n) is 8.46. The Kier molecular flexibility index (Phi) is 7.48. The molecular weight excluding hydrogens is 537 g/mol. The molecule has 0 saturated heterocycles. The standard InChI is InChI=1S/C26H23F3N4O5S/c1-3-38-24(34)25(35,26(27,28)29)17-10-12-18(13-11-17)30-22-23(32-21-7-5-4-6-20(21)31-22)33-39(36,37)19-14-8-16(2)9-15-19/h4-15,35H,3H2,1-2H3,(H,30,31)(H,32,33)/t25-/m0/s1. The number of benzene rings is 3. The Morgan fingerprint density at radius 1 is 0.923 bits per heavy atom. The molecule has 3 aromatic carbocycles. The molecule has 13 heteroatoms. The fourth-order valence-electron chi connectivity index (χ4n) is 3.63. The van der Waals surface area contributed by atoms with E-state index in [9.17, 15) is 31.5 Å². The number of nitrogens with zero attached hydrogens (tertiary/aromatic N) is 2. The molecule has 0 bridgehead atoms. The number of hydrogen-bond acceptors (Lipinski definition) is 8. The number of rotatable bonds is 8. The fourth-order valence-corrected chi connectivity index (χ4v) is 4.64. The van der Waals surface area contributed by atoms with Crippen LogP contribution < -0.4 is 10.0 Å². The molecule has 1 heterocycles. The summed E-state index contributed by atoms with van der Waals surface area (Å²) in [7, 11) is -4.07. The van der Waals surface area contributed by atoms with Crippen LogP contribution in [0.2, 0.25) is 0 Å². The van der Waals surface area contributed by atoms with Crippen molar-refractivity contribution in [3.63, 3.8) is 0 Å². The number of aryl methyl sites for hydroxylation is 1. The van der Waals surface area contributed by atoms with Crippen LogP contribution in [-0.4, -0.2) is 42.2 Å². The molecule has 0 amide bonds. The number of fused-ring (bicyclic) bond motifs is 1. The zero-order valence-electron chi connectivity index (χ0n) is 20.7. The maximum atomic E-state index is 13.7. The molecule has 0 spiro atoms. The van der Waals surface area contributed by atoms with Gasteiger partial charge in [-0.1, -0.05) is 42.0 Å². The quantitative estimate of drug-likeness (QED) is 0.262. The number of esters is 1. The first-order chi connectivity index (χ1) is 18.3. The molecule has 3 N–H and O–H groups in total. The smallest absolute Gasteiger partial charge is 0.432 e. The van der Waals surface area contributed by atoms with E-state index >= 15 is 0 Å².